The summed E-state index contributed by atoms with van der Waals surface area (Å²) in [6, 6.07) is 10.7. The van der Waals surface area contributed by atoms with Gasteiger partial charge in [-0.15, -0.1) is 0 Å². The SMILES string of the molecule is CNC(Cc1cnccn1)c1ccccc1. The van der Waals surface area contributed by atoms with Crippen molar-refractivity contribution in [3.05, 3.63) is 60.2 Å². The number of nitrogens with one attached hydrogen (secondary N) is 1. The normalized spacial score (nSPS) is 12.3. The molecule has 0 bridgehead atoms. The lowest BCUT2D eigenvalue weighted by molar-refractivity contribution is 0.583. The van der Waals surface area contributed by atoms with E-state index in [2.05, 4.69) is 39.6 Å². The Labute approximate surface area is 95.6 Å². The van der Waals surface area contributed by atoms with Gasteiger partial charge in [0.1, 0.15) is 0 Å². The van der Waals surface area contributed by atoms with Crippen LogP contribution >= 0.6 is 0 Å². The molecule has 1 N–H and O–H groups in total. The highest BCUT2D eigenvalue weighted by molar-refractivity contribution is 5.20. The maximum absolute atomic E-state index is 4.29. The second kappa shape index (κ2) is 5.37. The largest absolute Gasteiger partial charge is 0.313 e. The Bertz CT molecular complexity index is 414. The number of benzene rings is 1. The van der Waals surface area contributed by atoms with Crippen molar-refractivity contribution in [3.8, 4) is 0 Å². The molecule has 0 saturated carbocycles. The molecule has 0 saturated heterocycles. The number of rotatable bonds is 4. The van der Waals surface area contributed by atoms with Crippen LogP contribution in [0.3, 0.4) is 0 Å². The molecule has 2 rings (SSSR count). The van der Waals surface area contributed by atoms with E-state index in [9.17, 15) is 0 Å². The fourth-order valence-corrected chi connectivity index (χ4v) is 1.72. The topological polar surface area (TPSA) is 37.8 Å². The summed E-state index contributed by atoms with van der Waals surface area (Å²) < 4.78 is 0. The Balaban J connectivity index is 2.13. The van der Waals surface area contributed by atoms with Crippen molar-refractivity contribution >= 4 is 0 Å². The molecule has 82 valence electrons. The molecule has 16 heavy (non-hydrogen) atoms. The van der Waals surface area contributed by atoms with Crippen molar-refractivity contribution in [2.45, 2.75) is 12.5 Å². The van der Waals surface area contributed by atoms with E-state index < -0.39 is 0 Å². The third kappa shape index (κ3) is 2.64. The molecule has 3 heteroatoms. The van der Waals surface area contributed by atoms with Gasteiger partial charge in [0, 0.05) is 31.1 Å². The van der Waals surface area contributed by atoms with Gasteiger partial charge in [-0.2, -0.15) is 0 Å². The molecule has 0 spiro atoms. The zero-order chi connectivity index (χ0) is 11.2. The highest BCUT2D eigenvalue weighted by Crippen LogP contribution is 2.15. The average Bonchev–Trinajstić information content (AvgIpc) is 2.38. The van der Waals surface area contributed by atoms with Gasteiger partial charge in [0.15, 0.2) is 0 Å². The van der Waals surface area contributed by atoms with E-state index in [4.69, 9.17) is 0 Å². The van der Waals surface area contributed by atoms with Crippen LogP contribution in [0.25, 0.3) is 0 Å². The van der Waals surface area contributed by atoms with E-state index in [1.54, 1.807) is 12.4 Å². The van der Waals surface area contributed by atoms with Gasteiger partial charge in [0.2, 0.25) is 0 Å². The minimum atomic E-state index is 0.290. The van der Waals surface area contributed by atoms with Crippen LogP contribution in [0, 0.1) is 0 Å². The molecule has 2 aromatic rings. The number of nitrogens with zero attached hydrogens (tertiary/aromatic N) is 2. The highest BCUT2D eigenvalue weighted by atomic mass is 14.9. The minimum absolute atomic E-state index is 0.290. The Morgan fingerprint density at radius 1 is 1.19 bits per heavy atom. The summed E-state index contributed by atoms with van der Waals surface area (Å²) in [5.74, 6) is 0. The monoisotopic (exact) mass is 213 g/mol. The molecule has 1 aromatic heterocycles. The predicted molar refractivity (Wildman–Crippen MR) is 64.0 cm³/mol. The number of likely N-dealkylation sites (N-methyl/N-ethyl adjacent to an activating group) is 1. The van der Waals surface area contributed by atoms with E-state index in [1.165, 1.54) is 5.56 Å². The molecule has 0 radical (unpaired) electrons. The lowest BCUT2D eigenvalue weighted by Gasteiger charge is -2.15. The van der Waals surface area contributed by atoms with Crippen molar-refractivity contribution < 1.29 is 0 Å². The number of hydrogen-bond acceptors (Lipinski definition) is 3. The molecule has 1 atom stereocenters. The highest BCUT2D eigenvalue weighted by Gasteiger charge is 2.09. The van der Waals surface area contributed by atoms with Gasteiger partial charge in [-0.3, -0.25) is 9.97 Å². The Kier molecular flexibility index (Phi) is 3.62. The molecule has 0 aliphatic rings. The van der Waals surface area contributed by atoms with E-state index >= 15 is 0 Å². The first-order chi connectivity index (χ1) is 7.90. The summed E-state index contributed by atoms with van der Waals surface area (Å²) in [5, 5.41) is 3.30. The molecule has 1 heterocycles. The lowest BCUT2D eigenvalue weighted by atomic mass is 10.0. The van der Waals surface area contributed by atoms with Gasteiger partial charge >= 0.3 is 0 Å². The molecule has 0 amide bonds. The van der Waals surface area contributed by atoms with E-state index in [1.807, 2.05) is 19.3 Å². The third-order valence-electron chi connectivity index (χ3n) is 2.58. The Morgan fingerprint density at radius 2 is 2.00 bits per heavy atom. The van der Waals surface area contributed by atoms with Gasteiger partial charge < -0.3 is 5.32 Å². The lowest BCUT2D eigenvalue weighted by Crippen LogP contribution is -2.19. The van der Waals surface area contributed by atoms with E-state index in [0.29, 0.717) is 0 Å². The van der Waals surface area contributed by atoms with Crippen LogP contribution in [-0.4, -0.2) is 17.0 Å². The molecular weight excluding hydrogens is 198 g/mol. The number of hydrogen-bond donors (Lipinski definition) is 1. The second-order valence-electron chi connectivity index (χ2n) is 3.65. The zero-order valence-electron chi connectivity index (χ0n) is 9.30. The fraction of sp³-hybridized carbons (Fsp3) is 0.231. The standard InChI is InChI=1S/C13H15N3/c1-14-13(11-5-3-2-4-6-11)9-12-10-15-7-8-16-12/h2-8,10,13-14H,9H2,1H3. The average molecular weight is 213 g/mol. The summed E-state index contributed by atoms with van der Waals surface area (Å²) >= 11 is 0. The molecule has 1 unspecified atom stereocenters. The van der Waals surface area contributed by atoms with Crippen LogP contribution in [0.4, 0.5) is 0 Å². The molecule has 0 fully saturated rings. The van der Waals surface area contributed by atoms with Crippen LogP contribution in [0.1, 0.15) is 17.3 Å². The van der Waals surface area contributed by atoms with Crippen LogP contribution in [-0.2, 0) is 6.42 Å². The van der Waals surface area contributed by atoms with Crippen molar-refractivity contribution in [1.29, 1.82) is 0 Å². The summed E-state index contributed by atoms with van der Waals surface area (Å²) in [6.07, 6.45) is 6.09. The second-order valence-corrected chi connectivity index (χ2v) is 3.65. The van der Waals surface area contributed by atoms with Crippen LogP contribution in [0.2, 0.25) is 0 Å². The molecule has 0 aliphatic carbocycles. The molecule has 3 nitrogen and oxygen atoms in total. The summed E-state index contributed by atoms with van der Waals surface area (Å²) in [6.45, 7) is 0. The Hall–Kier alpha value is -1.74. The maximum atomic E-state index is 4.29. The maximum Gasteiger partial charge on any atom is 0.0605 e. The first-order valence-electron chi connectivity index (χ1n) is 5.37. The van der Waals surface area contributed by atoms with Crippen molar-refractivity contribution in [2.24, 2.45) is 0 Å². The van der Waals surface area contributed by atoms with E-state index in [0.717, 1.165) is 12.1 Å². The molecule has 0 aliphatic heterocycles. The third-order valence-corrected chi connectivity index (χ3v) is 2.58. The van der Waals surface area contributed by atoms with Gasteiger partial charge in [0.25, 0.3) is 0 Å². The van der Waals surface area contributed by atoms with Crippen molar-refractivity contribution in [3.63, 3.8) is 0 Å². The minimum Gasteiger partial charge on any atom is -0.313 e. The molecule has 1 aromatic carbocycles. The van der Waals surface area contributed by atoms with Crippen molar-refractivity contribution in [2.75, 3.05) is 7.05 Å². The van der Waals surface area contributed by atoms with Gasteiger partial charge in [-0.05, 0) is 12.6 Å². The molecular formula is C13H15N3. The summed E-state index contributed by atoms with van der Waals surface area (Å²) in [4.78, 5) is 8.36. The predicted octanol–water partition coefficient (Wildman–Crippen LogP) is 1.98. The summed E-state index contributed by atoms with van der Waals surface area (Å²) in [5.41, 5.74) is 2.28. The number of aromatic nitrogens is 2. The van der Waals surface area contributed by atoms with Gasteiger partial charge in [0.05, 0.1) is 5.69 Å². The first kappa shape index (κ1) is 10.8. The van der Waals surface area contributed by atoms with E-state index in [-0.39, 0.29) is 6.04 Å². The fourth-order valence-electron chi connectivity index (χ4n) is 1.72. The van der Waals surface area contributed by atoms with Gasteiger partial charge in [-0.1, -0.05) is 30.3 Å². The van der Waals surface area contributed by atoms with Crippen LogP contribution in [0.5, 0.6) is 0 Å². The quantitative estimate of drug-likeness (QED) is 0.844. The van der Waals surface area contributed by atoms with Gasteiger partial charge in [-0.25, -0.2) is 0 Å². The first-order valence-corrected chi connectivity index (χ1v) is 5.37. The summed E-state index contributed by atoms with van der Waals surface area (Å²) in [7, 11) is 1.97. The van der Waals surface area contributed by atoms with Crippen molar-refractivity contribution in [1.82, 2.24) is 15.3 Å². The smallest absolute Gasteiger partial charge is 0.0605 e. The Morgan fingerprint density at radius 3 is 2.62 bits per heavy atom. The van der Waals surface area contributed by atoms with Crippen LogP contribution in [0.15, 0.2) is 48.9 Å². The zero-order valence-corrected chi connectivity index (χ0v) is 9.30. The van der Waals surface area contributed by atoms with Crippen LogP contribution < -0.4 is 5.32 Å².